The van der Waals surface area contributed by atoms with Crippen molar-refractivity contribution in [3.05, 3.63) is 63.6 Å². The molecule has 0 bridgehead atoms. The maximum Gasteiger partial charge on any atom is 0.176 e. The monoisotopic (exact) mass is 440 g/mol. The molecule has 2 rings (SSSR count). The molecule has 0 heterocycles. The molecule has 0 aliphatic carbocycles. The zero-order valence-corrected chi connectivity index (χ0v) is 15.9. The van der Waals surface area contributed by atoms with E-state index in [1.54, 1.807) is 13.2 Å². The van der Waals surface area contributed by atoms with Gasteiger partial charge in [0.25, 0.3) is 0 Å². The minimum Gasteiger partial charge on any atom is -0.493 e. The summed E-state index contributed by atoms with van der Waals surface area (Å²) in [4.78, 5) is 0. The molecule has 0 radical (unpaired) electrons. The van der Waals surface area contributed by atoms with E-state index in [9.17, 15) is 0 Å². The molecule has 0 aliphatic rings. The summed E-state index contributed by atoms with van der Waals surface area (Å²) in [6, 6.07) is 11.9. The fraction of sp³-hybridized carbons (Fsp3) is 0.176. The summed E-state index contributed by atoms with van der Waals surface area (Å²) in [6.45, 7) is 4.67. The second-order valence-electron chi connectivity index (χ2n) is 4.64. The number of anilines is 1. The van der Waals surface area contributed by atoms with Crippen LogP contribution in [0.5, 0.6) is 11.5 Å². The summed E-state index contributed by atoms with van der Waals surface area (Å²) in [5.74, 6) is 1.32. The average molecular weight is 442 g/mol. The summed E-state index contributed by atoms with van der Waals surface area (Å²) >= 11 is 7.15. The summed E-state index contributed by atoms with van der Waals surface area (Å²) in [6.07, 6.45) is 1.69. The van der Waals surface area contributed by atoms with Gasteiger partial charge in [-0.15, -0.1) is 0 Å². The number of hydrazine groups is 1. The first-order valence-electron chi connectivity index (χ1n) is 6.99. The van der Waals surface area contributed by atoms with Crippen LogP contribution in [0.3, 0.4) is 0 Å². The van der Waals surface area contributed by atoms with E-state index in [2.05, 4.69) is 49.3 Å². The van der Waals surface area contributed by atoms with Crippen LogP contribution in [-0.2, 0) is 6.54 Å². The summed E-state index contributed by atoms with van der Waals surface area (Å²) in [5, 5.41) is 0. The number of nitrogens with one attached hydrogen (secondary N) is 2. The van der Waals surface area contributed by atoms with Gasteiger partial charge in [0.05, 0.1) is 11.6 Å². The van der Waals surface area contributed by atoms with Crippen LogP contribution < -0.4 is 20.3 Å². The van der Waals surface area contributed by atoms with Crippen molar-refractivity contribution in [3.63, 3.8) is 0 Å². The molecule has 0 aromatic heterocycles. The number of hydrogen-bond donors (Lipinski definition) is 2. The van der Waals surface area contributed by atoms with Gasteiger partial charge in [0.1, 0.15) is 6.61 Å². The van der Waals surface area contributed by atoms with E-state index in [1.807, 2.05) is 36.4 Å². The first-order valence-corrected chi connectivity index (χ1v) is 8.58. The number of rotatable bonds is 8. The van der Waals surface area contributed by atoms with Gasteiger partial charge in [-0.3, -0.25) is 0 Å². The van der Waals surface area contributed by atoms with Crippen molar-refractivity contribution in [1.82, 2.24) is 5.43 Å². The lowest BCUT2D eigenvalue weighted by Crippen LogP contribution is -2.21. The van der Waals surface area contributed by atoms with Gasteiger partial charge in [-0.25, -0.2) is 5.43 Å². The van der Waals surface area contributed by atoms with E-state index in [4.69, 9.17) is 9.47 Å². The molecule has 2 aromatic carbocycles. The molecule has 122 valence electrons. The first-order chi connectivity index (χ1) is 11.2. The molecule has 0 saturated carbocycles. The van der Waals surface area contributed by atoms with Crippen molar-refractivity contribution in [2.45, 2.75) is 6.54 Å². The van der Waals surface area contributed by atoms with E-state index in [0.717, 1.165) is 20.2 Å². The van der Waals surface area contributed by atoms with Crippen LogP contribution in [-0.4, -0.2) is 13.7 Å². The second-order valence-corrected chi connectivity index (χ2v) is 6.23. The fourth-order valence-electron chi connectivity index (χ4n) is 1.96. The topological polar surface area (TPSA) is 42.5 Å². The smallest absolute Gasteiger partial charge is 0.176 e. The number of methoxy groups -OCH3 is 1. The van der Waals surface area contributed by atoms with Crippen LogP contribution in [0, 0.1) is 0 Å². The Balaban J connectivity index is 2.12. The second kappa shape index (κ2) is 8.96. The summed E-state index contributed by atoms with van der Waals surface area (Å²) in [7, 11) is 1.62. The highest BCUT2D eigenvalue weighted by Gasteiger charge is 2.16. The summed E-state index contributed by atoms with van der Waals surface area (Å²) < 4.78 is 12.8. The normalized spacial score (nSPS) is 10.2. The third kappa shape index (κ3) is 4.73. The molecule has 2 aromatic rings. The predicted octanol–water partition coefficient (Wildman–Crippen LogP) is 4.90. The molecular weight excluding hydrogens is 424 g/mol. The molecule has 23 heavy (non-hydrogen) atoms. The number of para-hydroxylation sites is 1. The van der Waals surface area contributed by atoms with Gasteiger partial charge in [-0.1, -0.05) is 30.9 Å². The van der Waals surface area contributed by atoms with E-state index in [-0.39, 0.29) is 0 Å². The van der Waals surface area contributed by atoms with Crippen molar-refractivity contribution in [2.75, 3.05) is 19.1 Å². The Kier molecular flexibility index (Phi) is 6.95. The largest absolute Gasteiger partial charge is 0.493 e. The van der Waals surface area contributed by atoms with Gasteiger partial charge in [0, 0.05) is 16.7 Å². The zero-order valence-electron chi connectivity index (χ0n) is 12.7. The van der Waals surface area contributed by atoms with Crippen molar-refractivity contribution < 1.29 is 9.47 Å². The zero-order chi connectivity index (χ0) is 16.7. The lowest BCUT2D eigenvalue weighted by molar-refractivity contribution is 0.324. The third-order valence-electron chi connectivity index (χ3n) is 3.05. The third-order valence-corrected chi connectivity index (χ3v) is 5.25. The maximum absolute atomic E-state index is 5.66. The molecular formula is C17H18Br2N2O2. The van der Waals surface area contributed by atoms with Crippen molar-refractivity contribution in [1.29, 1.82) is 0 Å². The summed E-state index contributed by atoms with van der Waals surface area (Å²) in [5.41, 5.74) is 8.37. The molecule has 0 spiro atoms. The van der Waals surface area contributed by atoms with Gasteiger partial charge in [0.2, 0.25) is 0 Å². The van der Waals surface area contributed by atoms with Gasteiger partial charge in [0.15, 0.2) is 11.5 Å². The Morgan fingerprint density at radius 2 is 1.91 bits per heavy atom. The highest BCUT2D eigenvalue weighted by molar-refractivity contribution is 9.13. The molecule has 0 aliphatic heterocycles. The lowest BCUT2D eigenvalue weighted by Gasteiger charge is -2.16. The molecule has 0 fully saturated rings. The van der Waals surface area contributed by atoms with Crippen molar-refractivity contribution >= 4 is 37.5 Å². The Morgan fingerprint density at radius 1 is 1.17 bits per heavy atom. The van der Waals surface area contributed by atoms with Crippen LogP contribution in [0.2, 0.25) is 0 Å². The molecule has 0 amide bonds. The number of ether oxygens (including phenoxy) is 2. The van der Waals surface area contributed by atoms with E-state index < -0.39 is 0 Å². The number of halogens is 2. The maximum atomic E-state index is 5.66. The minimum absolute atomic E-state index is 0.411. The molecule has 0 atom stereocenters. The van der Waals surface area contributed by atoms with Crippen LogP contribution in [0.15, 0.2) is 58.0 Å². The Hall–Kier alpha value is -1.50. The van der Waals surface area contributed by atoms with Crippen LogP contribution >= 0.6 is 31.9 Å². The Morgan fingerprint density at radius 3 is 2.57 bits per heavy atom. The van der Waals surface area contributed by atoms with Crippen LogP contribution in [0.4, 0.5) is 5.69 Å². The molecule has 2 N–H and O–H groups in total. The minimum atomic E-state index is 0.411. The quantitative estimate of drug-likeness (QED) is 0.451. The van der Waals surface area contributed by atoms with Gasteiger partial charge in [-0.2, -0.15) is 0 Å². The lowest BCUT2D eigenvalue weighted by atomic mass is 10.2. The average Bonchev–Trinajstić information content (AvgIpc) is 2.58. The van der Waals surface area contributed by atoms with E-state index in [0.29, 0.717) is 24.7 Å². The highest BCUT2D eigenvalue weighted by Crippen LogP contribution is 2.42. The van der Waals surface area contributed by atoms with Crippen molar-refractivity contribution in [2.24, 2.45) is 0 Å². The SMILES string of the molecule is C=CCOc1c(OC)cc(CNNc2ccccc2)c(Br)c1Br. The standard InChI is InChI=1S/C17H18Br2N2O2/c1-3-9-23-17-14(22-2)10-12(15(18)16(17)19)11-20-21-13-7-5-4-6-8-13/h3-8,10,20-21H,1,9,11H2,2H3. The number of benzene rings is 2. The number of hydrogen-bond acceptors (Lipinski definition) is 4. The Bertz CT molecular complexity index is 663. The molecule has 4 nitrogen and oxygen atoms in total. The predicted molar refractivity (Wildman–Crippen MR) is 101 cm³/mol. The van der Waals surface area contributed by atoms with Crippen LogP contribution in [0.1, 0.15) is 5.56 Å². The van der Waals surface area contributed by atoms with E-state index in [1.165, 1.54) is 0 Å². The van der Waals surface area contributed by atoms with Gasteiger partial charge in [-0.05, 0) is 55.6 Å². The van der Waals surface area contributed by atoms with Crippen LogP contribution in [0.25, 0.3) is 0 Å². The van der Waals surface area contributed by atoms with E-state index >= 15 is 0 Å². The highest BCUT2D eigenvalue weighted by atomic mass is 79.9. The first kappa shape index (κ1) is 17.8. The molecule has 0 saturated heterocycles. The van der Waals surface area contributed by atoms with Gasteiger partial charge >= 0.3 is 0 Å². The van der Waals surface area contributed by atoms with Gasteiger partial charge < -0.3 is 14.9 Å². The fourth-order valence-corrected chi connectivity index (χ4v) is 2.96. The van der Waals surface area contributed by atoms with Crippen molar-refractivity contribution in [3.8, 4) is 11.5 Å². The molecule has 0 unspecified atom stereocenters. The molecule has 6 heteroatoms. The Labute approximate surface area is 153 Å².